The average molecular weight is 376 g/mol. The van der Waals surface area contributed by atoms with E-state index in [4.69, 9.17) is 4.74 Å². The molecule has 0 aliphatic carbocycles. The van der Waals surface area contributed by atoms with E-state index >= 15 is 0 Å². The molecule has 3 nitrogen and oxygen atoms in total. The Balaban J connectivity index is 3.47. The summed E-state index contributed by atoms with van der Waals surface area (Å²) in [5, 5.41) is 0. The maximum atomic E-state index is 11.5. The van der Waals surface area contributed by atoms with Gasteiger partial charge in [-0.3, -0.25) is 4.79 Å². The van der Waals surface area contributed by atoms with E-state index < -0.39 is 0 Å². The van der Waals surface area contributed by atoms with Crippen LogP contribution in [0.15, 0.2) is 48.6 Å². The van der Waals surface area contributed by atoms with Gasteiger partial charge in [-0.25, -0.2) is 0 Å². The number of unbranched alkanes of at least 4 members (excludes halogenated alkanes) is 4. The number of hydrogen-bond acceptors (Lipinski definition) is 3. The highest BCUT2D eigenvalue weighted by Gasteiger charge is 2.01. The molecule has 0 heterocycles. The van der Waals surface area contributed by atoms with E-state index in [2.05, 4.69) is 55.5 Å². The molecule has 0 aromatic carbocycles. The lowest BCUT2D eigenvalue weighted by Crippen LogP contribution is -2.20. The summed E-state index contributed by atoms with van der Waals surface area (Å²) in [5.41, 5.74) is 0. The fourth-order valence-electron chi connectivity index (χ4n) is 2.34. The molecule has 0 N–H and O–H groups in total. The maximum Gasteiger partial charge on any atom is 0.305 e. The summed E-state index contributed by atoms with van der Waals surface area (Å²) in [4.78, 5) is 13.5. The van der Waals surface area contributed by atoms with Gasteiger partial charge < -0.3 is 9.64 Å². The van der Waals surface area contributed by atoms with Crippen molar-refractivity contribution in [1.29, 1.82) is 0 Å². The predicted octanol–water partition coefficient (Wildman–Crippen LogP) is 6.24. The molecule has 154 valence electrons. The van der Waals surface area contributed by atoms with Gasteiger partial charge in [0.25, 0.3) is 0 Å². The molecule has 0 aliphatic heterocycles. The lowest BCUT2D eigenvalue weighted by molar-refractivity contribution is -0.144. The zero-order valence-electron chi connectivity index (χ0n) is 17.9. The van der Waals surface area contributed by atoms with Crippen LogP contribution in [0.25, 0.3) is 0 Å². The summed E-state index contributed by atoms with van der Waals surface area (Å²) in [6, 6.07) is 0. The Bertz CT molecular complexity index is 447. The van der Waals surface area contributed by atoms with Gasteiger partial charge in [0.05, 0.1) is 0 Å². The summed E-state index contributed by atoms with van der Waals surface area (Å²) in [6.07, 6.45) is 28.2. The first kappa shape index (κ1) is 25.4. The second-order valence-electron chi connectivity index (χ2n) is 7.00. The van der Waals surface area contributed by atoms with Crippen molar-refractivity contribution in [1.82, 2.24) is 4.90 Å². The van der Waals surface area contributed by atoms with Gasteiger partial charge in [-0.15, -0.1) is 0 Å². The van der Waals surface area contributed by atoms with Crippen LogP contribution >= 0.6 is 0 Å². The molecule has 0 radical (unpaired) electrons. The number of likely N-dealkylation sites (N-methyl/N-ethyl adjacent to an activating group) is 1. The second-order valence-corrected chi connectivity index (χ2v) is 7.00. The first-order valence-electron chi connectivity index (χ1n) is 10.6. The minimum Gasteiger partial charge on any atom is -0.464 e. The Kier molecular flexibility index (Phi) is 19.5. The second kappa shape index (κ2) is 20.7. The molecule has 0 aromatic rings. The zero-order valence-corrected chi connectivity index (χ0v) is 17.9. The molecule has 27 heavy (non-hydrogen) atoms. The third-order valence-corrected chi connectivity index (χ3v) is 4.01. The van der Waals surface area contributed by atoms with Crippen LogP contribution in [0.4, 0.5) is 0 Å². The van der Waals surface area contributed by atoms with Crippen molar-refractivity contribution in [2.24, 2.45) is 0 Å². The summed E-state index contributed by atoms with van der Waals surface area (Å²) in [7, 11) is 3.94. The molecule has 0 rings (SSSR count). The molecular weight excluding hydrogens is 334 g/mol. The van der Waals surface area contributed by atoms with Crippen LogP contribution in [0.1, 0.15) is 71.1 Å². The van der Waals surface area contributed by atoms with E-state index in [1.807, 2.05) is 19.0 Å². The molecular formula is C24H41NO2. The van der Waals surface area contributed by atoms with Gasteiger partial charge in [-0.1, -0.05) is 68.4 Å². The van der Waals surface area contributed by atoms with E-state index in [0.717, 1.165) is 38.6 Å². The van der Waals surface area contributed by atoms with Crippen molar-refractivity contribution in [3.63, 3.8) is 0 Å². The molecule has 0 unspecified atom stereocenters. The van der Waals surface area contributed by atoms with Crippen LogP contribution in [0.5, 0.6) is 0 Å². The molecule has 0 saturated heterocycles. The lowest BCUT2D eigenvalue weighted by atomic mass is 10.2. The summed E-state index contributed by atoms with van der Waals surface area (Å²) >= 11 is 0. The minimum absolute atomic E-state index is 0.0901. The highest BCUT2D eigenvalue weighted by atomic mass is 16.5. The van der Waals surface area contributed by atoms with Crippen molar-refractivity contribution in [2.45, 2.75) is 71.1 Å². The Morgan fingerprint density at radius 1 is 0.778 bits per heavy atom. The van der Waals surface area contributed by atoms with E-state index in [1.54, 1.807) is 0 Å². The van der Waals surface area contributed by atoms with Gasteiger partial charge >= 0.3 is 5.97 Å². The first-order chi connectivity index (χ1) is 13.2. The Morgan fingerprint density at radius 3 is 1.81 bits per heavy atom. The highest BCUT2D eigenvalue weighted by Crippen LogP contribution is 2.02. The molecule has 0 aliphatic rings. The van der Waals surface area contributed by atoms with Crippen molar-refractivity contribution in [3.8, 4) is 0 Å². The van der Waals surface area contributed by atoms with Crippen molar-refractivity contribution in [3.05, 3.63) is 48.6 Å². The van der Waals surface area contributed by atoms with Crippen LogP contribution in [-0.4, -0.2) is 38.1 Å². The third-order valence-electron chi connectivity index (χ3n) is 4.01. The zero-order chi connectivity index (χ0) is 20.0. The smallest absolute Gasteiger partial charge is 0.305 e. The standard InChI is InChI=1S/C24H41NO2/c1-4-5-6-7-8-9-10-11-12-13-14-15-16-17-18-19-20-21-24(26)27-23-22-25(2)3/h8-9,11-12,14-15,17-18H,4-7,10,13,16,19-23H2,1-3H3. The molecule has 0 fully saturated rings. The molecule has 3 heteroatoms. The third kappa shape index (κ3) is 22.3. The number of carbonyl (C=O) groups is 1. The van der Waals surface area contributed by atoms with Gasteiger partial charge in [0.1, 0.15) is 6.61 Å². The van der Waals surface area contributed by atoms with Crippen molar-refractivity contribution < 1.29 is 9.53 Å². The number of allylic oxidation sites excluding steroid dienone is 8. The van der Waals surface area contributed by atoms with Gasteiger partial charge in [-0.2, -0.15) is 0 Å². The number of hydrogen-bond donors (Lipinski definition) is 0. The number of rotatable bonds is 17. The fourth-order valence-corrected chi connectivity index (χ4v) is 2.34. The summed E-state index contributed by atoms with van der Waals surface area (Å²) < 4.78 is 5.16. The summed E-state index contributed by atoms with van der Waals surface area (Å²) in [6.45, 7) is 3.50. The van der Waals surface area contributed by atoms with Crippen LogP contribution < -0.4 is 0 Å². The van der Waals surface area contributed by atoms with Crippen LogP contribution in [0, 0.1) is 0 Å². The van der Waals surface area contributed by atoms with Crippen LogP contribution in [-0.2, 0) is 9.53 Å². The molecule has 0 bridgehead atoms. The van der Waals surface area contributed by atoms with Gasteiger partial charge in [0, 0.05) is 13.0 Å². The van der Waals surface area contributed by atoms with E-state index in [-0.39, 0.29) is 5.97 Å². The van der Waals surface area contributed by atoms with Gasteiger partial charge in [0.15, 0.2) is 0 Å². The SMILES string of the molecule is CCCCCC=CCC=CCC=CCC=CCCCC(=O)OCCN(C)C. The molecule has 0 saturated carbocycles. The Labute approximate surface area is 167 Å². The Hall–Kier alpha value is -1.61. The van der Waals surface area contributed by atoms with Crippen LogP contribution in [0.3, 0.4) is 0 Å². The predicted molar refractivity (Wildman–Crippen MR) is 118 cm³/mol. The molecule has 0 atom stereocenters. The van der Waals surface area contributed by atoms with E-state index in [1.165, 1.54) is 25.7 Å². The lowest BCUT2D eigenvalue weighted by Gasteiger charge is -2.09. The molecule has 0 spiro atoms. The van der Waals surface area contributed by atoms with Crippen LogP contribution in [0.2, 0.25) is 0 Å². The molecule has 0 aromatic heterocycles. The topological polar surface area (TPSA) is 29.5 Å². The number of esters is 1. The van der Waals surface area contributed by atoms with Crippen molar-refractivity contribution in [2.75, 3.05) is 27.2 Å². The van der Waals surface area contributed by atoms with Gasteiger partial charge in [-0.05, 0) is 59.0 Å². The maximum absolute atomic E-state index is 11.5. The number of carbonyl (C=O) groups excluding carboxylic acids is 1. The minimum atomic E-state index is -0.0901. The largest absolute Gasteiger partial charge is 0.464 e. The quantitative estimate of drug-likeness (QED) is 0.171. The highest BCUT2D eigenvalue weighted by molar-refractivity contribution is 5.69. The fraction of sp³-hybridized carbons (Fsp3) is 0.625. The van der Waals surface area contributed by atoms with E-state index in [9.17, 15) is 4.79 Å². The monoisotopic (exact) mass is 375 g/mol. The number of ether oxygens (including phenoxy) is 1. The average Bonchev–Trinajstić information content (AvgIpc) is 2.64. The summed E-state index contributed by atoms with van der Waals surface area (Å²) in [5.74, 6) is -0.0901. The van der Waals surface area contributed by atoms with Gasteiger partial charge in [0.2, 0.25) is 0 Å². The molecule has 0 amide bonds. The normalized spacial score (nSPS) is 12.4. The van der Waals surface area contributed by atoms with Crippen molar-refractivity contribution >= 4 is 5.97 Å². The van der Waals surface area contributed by atoms with E-state index in [0.29, 0.717) is 13.0 Å². The number of nitrogens with zero attached hydrogens (tertiary/aromatic N) is 1. The first-order valence-corrected chi connectivity index (χ1v) is 10.6. The Morgan fingerprint density at radius 2 is 1.30 bits per heavy atom.